The van der Waals surface area contributed by atoms with Crippen LogP contribution in [0.4, 0.5) is 0 Å². The third-order valence-electron chi connectivity index (χ3n) is 3.49. The minimum absolute atomic E-state index is 0.730. The van der Waals surface area contributed by atoms with E-state index < -0.39 is 0 Å². The van der Waals surface area contributed by atoms with Gasteiger partial charge in [-0.15, -0.1) is 0 Å². The van der Waals surface area contributed by atoms with Gasteiger partial charge in [0.25, 0.3) is 0 Å². The summed E-state index contributed by atoms with van der Waals surface area (Å²) in [5.74, 6) is 0. The third kappa shape index (κ3) is 3.96. The molecule has 2 rings (SSSR count). The van der Waals surface area contributed by atoms with E-state index in [1.807, 2.05) is 6.92 Å². The quantitative estimate of drug-likeness (QED) is 0.741. The van der Waals surface area contributed by atoms with Crippen LogP contribution in [0.5, 0.6) is 0 Å². The summed E-state index contributed by atoms with van der Waals surface area (Å²) in [4.78, 5) is 0. The number of hydrogen-bond donors (Lipinski definition) is 1. The lowest BCUT2D eigenvalue weighted by Gasteiger charge is -2.12. The van der Waals surface area contributed by atoms with Crippen molar-refractivity contribution >= 4 is 15.9 Å². The van der Waals surface area contributed by atoms with E-state index in [-0.39, 0.29) is 0 Å². The van der Waals surface area contributed by atoms with E-state index in [4.69, 9.17) is 4.74 Å². The van der Waals surface area contributed by atoms with Crippen molar-refractivity contribution in [2.45, 2.75) is 33.5 Å². The van der Waals surface area contributed by atoms with Gasteiger partial charge in [-0.1, -0.05) is 0 Å². The maximum Gasteiger partial charge on any atom is 0.0739 e. The average Bonchev–Trinajstić information content (AvgIpc) is 3.03. The molecule has 1 N–H and O–H groups in total. The lowest BCUT2D eigenvalue weighted by atomic mass is 10.3. The molecule has 2 aromatic heterocycles. The Bertz CT molecular complexity index is 576. The van der Waals surface area contributed by atoms with Gasteiger partial charge in [-0.25, -0.2) is 0 Å². The molecule has 0 aliphatic carbocycles. The first-order valence-electron chi connectivity index (χ1n) is 7.22. The Hall–Kier alpha value is -1.11. The van der Waals surface area contributed by atoms with Crippen LogP contribution in [0.15, 0.2) is 22.8 Å². The summed E-state index contributed by atoms with van der Waals surface area (Å²) in [7, 11) is 1.72. The van der Waals surface area contributed by atoms with Crippen molar-refractivity contribution in [3.63, 3.8) is 0 Å². The van der Waals surface area contributed by atoms with Crippen molar-refractivity contribution < 1.29 is 4.74 Å². The van der Waals surface area contributed by atoms with Gasteiger partial charge in [0.05, 0.1) is 29.0 Å². The van der Waals surface area contributed by atoms with Crippen LogP contribution in [0.3, 0.4) is 0 Å². The zero-order valence-corrected chi connectivity index (χ0v) is 14.5. The van der Waals surface area contributed by atoms with E-state index in [2.05, 4.69) is 60.8 Å². The molecule has 0 atom stereocenters. The molecule has 0 saturated carbocycles. The lowest BCUT2D eigenvalue weighted by molar-refractivity contribution is 0.199. The number of ether oxygens (including phenoxy) is 1. The molecule has 0 aliphatic heterocycles. The predicted octanol–water partition coefficient (Wildman–Crippen LogP) is 2.56. The molecular formula is C15H23BrN4O. The second-order valence-electron chi connectivity index (χ2n) is 4.96. The van der Waals surface area contributed by atoms with E-state index in [9.17, 15) is 0 Å². The standard InChI is InChI=1S/C15H23BrN4O/c1-4-20-14(15(16)12(2)18-20)11-19-8-5-6-13(19)10-17-7-9-21-3/h5-6,8,17H,4,7,9-11H2,1-3H3. The molecule has 2 aromatic rings. The number of nitrogens with zero attached hydrogens (tertiary/aromatic N) is 3. The first-order chi connectivity index (χ1) is 10.2. The van der Waals surface area contributed by atoms with E-state index in [1.54, 1.807) is 7.11 Å². The molecule has 21 heavy (non-hydrogen) atoms. The van der Waals surface area contributed by atoms with Gasteiger partial charge in [0.2, 0.25) is 0 Å². The van der Waals surface area contributed by atoms with Gasteiger partial charge >= 0.3 is 0 Å². The van der Waals surface area contributed by atoms with Crippen molar-refractivity contribution in [3.8, 4) is 0 Å². The Labute approximate surface area is 134 Å². The first-order valence-corrected chi connectivity index (χ1v) is 8.02. The number of halogens is 1. The van der Waals surface area contributed by atoms with Crippen LogP contribution < -0.4 is 5.32 Å². The summed E-state index contributed by atoms with van der Waals surface area (Å²) in [6, 6.07) is 4.23. The van der Waals surface area contributed by atoms with Crippen molar-refractivity contribution in [1.29, 1.82) is 0 Å². The van der Waals surface area contributed by atoms with Crippen LogP contribution >= 0.6 is 15.9 Å². The SMILES string of the molecule is CCn1nc(C)c(Br)c1Cn1cccc1CNCCOC. The molecule has 5 nitrogen and oxygen atoms in total. The summed E-state index contributed by atoms with van der Waals surface area (Å²) in [6.07, 6.45) is 2.11. The van der Waals surface area contributed by atoms with Crippen LogP contribution in [0.25, 0.3) is 0 Å². The Morgan fingerprint density at radius 2 is 2.24 bits per heavy atom. The molecule has 2 heterocycles. The zero-order valence-electron chi connectivity index (χ0n) is 12.9. The zero-order chi connectivity index (χ0) is 15.2. The normalized spacial score (nSPS) is 11.2. The topological polar surface area (TPSA) is 44.0 Å². The minimum Gasteiger partial charge on any atom is -0.383 e. The molecule has 0 saturated heterocycles. The highest BCUT2D eigenvalue weighted by molar-refractivity contribution is 9.10. The van der Waals surface area contributed by atoms with Gasteiger partial charge in [-0.05, 0) is 41.9 Å². The van der Waals surface area contributed by atoms with Crippen LogP contribution in [0, 0.1) is 6.92 Å². The molecule has 0 aliphatic rings. The number of rotatable bonds is 8. The molecule has 6 heteroatoms. The highest BCUT2D eigenvalue weighted by atomic mass is 79.9. The number of methoxy groups -OCH3 is 1. The van der Waals surface area contributed by atoms with Crippen molar-refractivity contribution in [2.75, 3.05) is 20.3 Å². The van der Waals surface area contributed by atoms with Crippen molar-refractivity contribution in [1.82, 2.24) is 19.7 Å². The summed E-state index contributed by atoms with van der Waals surface area (Å²) < 4.78 is 10.5. The first kappa shape index (κ1) is 16.3. The number of nitrogens with one attached hydrogen (secondary N) is 1. The Kier molecular flexibility index (Phi) is 6.02. The average molecular weight is 355 g/mol. The molecule has 0 spiro atoms. The van der Waals surface area contributed by atoms with Crippen LogP contribution in [0.2, 0.25) is 0 Å². The smallest absolute Gasteiger partial charge is 0.0739 e. The molecule has 116 valence electrons. The molecule has 0 amide bonds. The van der Waals surface area contributed by atoms with Crippen molar-refractivity contribution in [2.24, 2.45) is 0 Å². The molecule has 0 aromatic carbocycles. The highest BCUT2D eigenvalue weighted by Gasteiger charge is 2.13. The summed E-state index contributed by atoms with van der Waals surface area (Å²) in [5, 5.41) is 7.93. The van der Waals surface area contributed by atoms with Crippen LogP contribution in [-0.4, -0.2) is 34.6 Å². The monoisotopic (exact) mass is 354 g/mol. The second kappa shape index (κ2) is 7.77. The van der Waals surface area contributed by atoms with Crippen molar-refractivity contribution in [3.05, 3.63) is 39.9 Å². The summed E-state index contributed by atoms with van der Waals surface area (Å²) in [6.45, 7) is 8.28. The summed E-state index contributed by atoms with van der Waals surface area (Å²) in [5.41, 5.74) is 3.52. The third-order valence-corrected chi connectivity index (χ3v) is 4.52. The Morgan fingerprint density at radius 3 is 2.95 bits per heavy atom. The van der Waals surface area contributed by atoms with E-state index in [0.29, 0.717) is 0 Å². The largest absolute Gasteiger partial charge is 0.383 e. The fourth-order valence-electron chi connectivity index (χ4n) is 2.34. The fraction of sp³-hybridized carbons (Fsp3) is 0.533. The summed E-state index contributed by atoms with van der Waals surface area (Å²) >= 11 is 3.66. The minimum atomic E-state index is 0.730. The predicted molar refractivity (Wildman–Crippen MR) is 87.5 cm³/mol. The Balaban J connectivity index is 2.08. The van der Waals surface area contributed by atoms with Crippen LogP contribution in [-0.2, 0) is 24.4 Å². The molecular weight excluding hydrogens is 332 g/mol. The fourth-order valence-corrected chi connectivity index (χ4v) is 2.75. The van der Waals surface area contributed by atoms with Gasteiger partial charge < -0.3 is 14.6 Å². The number of aromatic nitrogens is 3. The van der Waals surface area contributed by atoms with Gasteiger partial charge in [0.1, 0.15) is 0 Å². The maximum atomic E-state index is 5.05. The molecule has 0 bridgehead atoms. The van der Waals surface area contributed by atoms with E-state index >= 15 is 0 Å². The van der Waals surface area contributed by atoms with Gasteiger partial charge in [-0.3, -0.25) is 4.68 Å². The highest BCUT2D eigenvalue weighted by Crippen LogP contribution is 2.22. The maximum absolute atomic E-state index is 5.05. The van der Waals surface area contributed by atoms with E-state index in [1.165, 1.54) is 11.4 Å². The molecule has 0 unspecified atom stereocenters. The van der Waals surface area contributed by atoms with E-state index in [0.717, 1.165) is 43.0 Å². The van der Waals surface area contributed by atoms with Gasteiger partial charge in [0, 0.05) is 38.6 Å². The second-order valence-corrected chi connectivity index (χ2v) is 5.75. The lowest BCUT2D eigenvalue weighted by Crippen LogP contribution is -2.21. The Morgan fingerprint density at radius 1 is 1.43 bits per heavy atom. The number of hydrogen-bond acceptors (Lipinski definition) is 3. The van der Waals surface area contributed by atoms with Gasteiger partial charge in [0.15, 0.2) is 0 Å². The number of aryl methyl sites for hydroxylation is 2. The van der Waals surface area contributed by atoms with Crippen LogP contribution in [0.1, 0.15) is 24.0 Å². The van der Waals surface area contributed by atoms with Gasteiger partial charge in [-0.2, -0.15) is 5.10 Å². The molecule has 0 radical (unpaired) electrons. The molecule has 0 fully saturated rings.